The molecule has 0 saturated carbocycles. The summed E-state index contributed by atoms with van der Waals surface area (Å²) in [6.07, 6.45) is 0.188. The van der Waals surface area contributed by atoms with Crippen LogP contribution in [-0.2, 0) is 23.4 Å². The molecular formula is C6H15KO6SSi. The van der Waals surface area contributed by atoms with E-state index in [2.05, 4.69) is 0 Å². The van der Waals surface area contributed by atoms with Gasteiger partial charge in [-0.1, -0.05) is 0 Å². The first-order valence-electron chi connectivity index (χ1n) is 3.98. The maximum Gasteiger partial charge on any atom is 1.00 e. The number of hydrogen-bond acceptors (Lipinski definition) is 6. The Labute approximate surface area is 134 Å². The Balaban J connectivity index is 0. The summed E-state index contributed by atoms with van der Waals surface area (Å²) in [5.41, 5.74) is 0. The molecule has 0 aromatic heterocycles. The molecule has 0 aliphatic heterocycles. The van der Waals surface area contributed by atoms with E-state index >= 15 is 0 Å². The molecule has 0 bridgehead atoms. The minimum Gasteiger partial charge on any atom is -0.748 e. The third kappa shape index (κ3) is 8.38. The van der Waals surface area contributed by atoms with Crippen molar-refractivity contribution in [2.45, 2.75) is 12.5 Å². The van der Waals surface area contributed by atoms with Crippen LogP contribution in [0.15, 0.2) is 0 Å². The van der Waals surface area contributed by atoms with Gasteiger partial charge in [0, 0.05) is 33.1 Å². The summed E-state index contributed by atoms with van der Waals surface area (Å²) in [5.74, 6) is -0.419. The first kappa shape index (κ1) is 19.0. The maximum atomic E-state index is 10.3. The van der Waals surface area contributed by atoms with E-state index in [1.54, 1.807) is 0 Å². The second-order valence-electron chi connectivity index (χ2n) is 2.66. The Kier molecular flexibility index (Phi) is 11.0. The van der Waals surface area contributed by atoms with Crippen molar-refractivity contribution in [3.05, 3.63) is 0 Å². The van der Waals surface area contributed by atoms with E-state index in [4.69, 9.17) is 13.3 Å². The molecule has 0 atom stereocenters. The van der Waals surface area contributed by atoms with Crippen LogP contribution in [0.3, 0.4) is 0 Å². The van der Waals surface area contributed by atoms with Gasteiger partial charge in [-0.3, -0.25) is 0 Å². The average molecular weight is 282 g/mol. The molecule has 0 unspecified atom stereocenters. The van der Waals surface area contributed by atoms with E-state index in [0.717, 1.165) is 0 Å². The predicted molar refractivity (Wildman–Crippen MR) is 50.8 cm³/mol. The van der Waals surface area contributed by atoms with Crippen LogP contribution < -0.4 is 51.4 Å². The molecule has 0 aromatic carbocycles. The first-order valence-corrected chi connectivity index (χ1v) is 7.49. The Hall–Kier alpha value is 1.64. The normalized spacial score (nSPS) is 12.3. The van der Waals surface area contributed by atoms with Gasteiger partial charge in [0.05, 0.1) is 10.1 Å². The van der Waals surface area contributed by atoms with Crippen molar-refractivity contribution in [3.63, 3.8) is 0 Å². The minimum absolute atomic E-state index is 0. The van der Waals surface area contributed by atoms with Gasteiger partial charge in [-0.25, -0.2) is 8.42 Å². The molecule has 0 heterocycles. The van der Waals surface area contributed by atoms with Crippen LogP contribution in [0.25, 0.3) is 0 Å². The maximum absolute atomic E-state index is 10.3. The van der Waals surface area contributed by atoms with Crippen LogP contribution in [0, 0.1) is 0 Å². The van der Waals surface area contributed by atoms with Crippen LogP contribution in [-0.4, -0.2) is 48.9 Å². The third-order valence-corrected chi connectivity index (χ3v) is 5.43. The molecule has 86 valence electrons. The summed E-state index contributed by atoms with van der Waals surface area (Å²) in [4.78, 5) is 0. The standard InChI is InChI=1S/C6H16O6SSi.K/c1-10-14(11-2,12-3)6-4-5-13(7,8)9;/h4-6H2,1-3H3,(H,7,8,9);/q;+1/p-1. The minimum atomic E-state index is -4.17. The summed E-state index contributed by atoms with van der Waals surface area (Å²) >= 11 is 0. The van der Waals surface area contributed by atoms with E-state index in [9.17, 15) is 13.0 Å². The van der Waals surface area contributed by atoms with Gasteiger partial charge in [0.25, 0.3) is 0 Å². The van der Waals surface area contributed by atoms with Crippen LogP contribution in [0.1, 0.15) is 6.42 Å². The molecule has 0 aliphatic rings. The SMILES string of the molecule is CO[Si](CCCS(=O)(=O)[O-])(OC)OC.[K+]. The Morgan fingerprint density at radius 2 is 1.53 bits per heavy atom. The summed E-state index contributed by atoms with van der Waals surface area (Å²) in [6.45, 7) is 0. The van der Waals surface area contributed by atoms with Crippen molar-refractivity contribution in [2.75, 3.05) is 27.1 Å². The Morgan fingerprint density at radius 1 is 1.13 bits per heavy atom. The average Bonchev–Trinajstić information content (AvgIpc) is 2.11. The van der Waals surface area contributed by atoms with Crippen LogP contribution in [0.2, 0.25) is 6.04 Å². The van der Waals surface area contributed by atoms with Gasteiger partial charge in [-0.2, -0.15) is 0 Å². The second kappa shape index (κ2) is 8.69. The first-order chi connectivity index (χ1) is 6.39. The van der Waals surface area contributed by atoms with Crippen molar-refractivity contribution in [2.24, 2.45) is 0 Å². The van der Waals surface area contributed by atoms with Crippen molar-refractivity contribution in [1.29, 1.82) is 0 Å². The van der Waals surface area contributed by atoms with Crippen molar-refractivity contribution < 1.29 is 77.6 Å². The fourth-order valence-electron chi connectivity index (χ4n) is 1.02. The molecule has 0 aromatic rings. The summed E-state index contributed by atoms with van der Waals surface area (Å²) in [5, 5.41) is 0. The second-order valence-corrected chi connectivity index (χ2v) is 7.28. The van der Waals surface area contributed by atoms with Crippen LogP contribution in [0.4, 0.5) is 0 Å². The summed E-state index contributed by atoms with van der Waals surface area (Å²) < 4.78 is 46.1. The zero-order valence-electron chi connectivity index (χ0n) is 9.48. The molecule has 9 heteroatoms. The van der Waals surface area contributed by atoms with Crippen molar-refractivity contribution >= 4 is 18.9 Å². The largest absolute Gasteiger partial charge is 1.00 e. The molecule has 0 rings (SSSR count). The molecular weight excluding hydrogens is 267 g/mol. The molecule has 0 saturated heterocycles. The quantitative estimate of drug-likeness (QED) is 0.361. The van der Waals surface area contributed by atoms with Gasteiger partial charge in [0.15, 0.2) is 0 Å². The molecule has 0 spiro atoms. The van der Waals surface area contributed by atoms with E-state index in [-0.39, 0.29) is 57.8 Å². The van der Waals surface area contributed by atoms with E-state index < -0.39 is 24.7 Å². The van der Waals surface area contributed by atoms with Crippen LogP contribution in [0.5, 0.6) is 0 Å². The Bertz CT molecular complexity index is 244. The number of hydrogen-bond donors (Lipinski definition) is 0. The molecule has 0 amide bonds. The molecule has 0 radical (unpaired) electrons. The van der Waals surface area contributed by atoms with E-state index in [0.29, 0.717) is 6.04 Å². The molecule has 6 nitrogen and oxygen atoms in total. The van der Waals surface area contributed by atoms with Crippen LogP contribution >= 0.6 is 0 Å². The predicted octanol–water partition coefficient (Wildman–Crippen LogP) is -3.20. The van der Waals surface area contributed by atoms with E-state index in [1.165, 1.54) is 21.3 Å². The fraction of sp³-hybridized carbons (Fsp3) is 1.00. The van der Waals surface area contributed by atoms with Gasteiger partial charge in [-0.05, 0) is 6.42 Å². The van der Waals surface area contributed by atoms with Crippen molar-refractivity contribution in [1.82, 2.24) is 0 Å². The molecule has 15 heavy (non-hydrogen) atoms. The Morgan fingerprint density at radius 3 is 1.80 bits per heavy atom. The van der Waals surface area contributed by atoms with Gasteiger partial charge < -0.3 is 17.8 Å². The zero-order chi connectivity index (χ0) is 11.2. The van der Waals surface area contributed by atoms with E-state index in [1.807, 2.05) is 0 Å². The zero-order valence-corrected chi connectivity index (χ0v) is 14.4. The van der Waals surface area contributed by atoms with Gasteiger partial charge >= 0.3 is 60.2 Å². The van der Waals surface area contributed by atoms with Crippen molar-refractivity contribution in [3.8, 4) is 0 Å². The monoisotopic (exact) mass is 282 g/mol. The van der Waals surface area contributed by atoms with Gasteiger partial charge in [-0.15, -0.1) is 0 Å². The summed E-state index contributed by atoms with van der Waals surface area (Å²) in [7, 11) is -2.58. The molecule has 0 aliphatic carbocycles. The van der Waals surface area contributed by atoms with Gasteiger partial charge in [0.2, 0.25) is 0 Å². The topological polar surface area (TPSA) is 84.9 Å². The third-order valence-electron chi connectivity index (χ3n) is 1.81. The summed E-state index contributed by atoms with van der Waals surface area (Å²) in [6, 6.07) is 0.317. The van der Waals surface area contributed by atoms with Gasteiger partial charge in [0.1, 0.15) is 0 Å². The smallest absolute Gasteiger partial charge is 0.748 e. The number of rotatable bonds is 7. The fourth-order valence-corrected chi connectivity index (χ4v) is 3.50. The molecule has 0 fully saturated rings. The molecule has 0 N–H and O–H groups in total.